The molecule has 1 aromatic carbocycles. The number of hydrogen-bond acceptors (Lipinski definition) is 5. The van der Waals surface area contributed by atoms with E-state index in [2.05, 4.69) is 25.5 Å². The summed E-state index contributed by atoms with van der Waals surface area (Å²) in [7, 11) is 0. The van der Waals surface area contributed by atoms with Gasteiger partial charge in [0.1, 0.15) is 0 Å². The first-order valence-corrected chi connectivity index (χ1v) is 6.15. The second-order valence-electron chi connectivity index (χ2n) is 3.76. The molecule has 0 aliphatic carbocycles. The Balaban J connectivity index is 1.98. The summed E-state index contributed by atoms with van der Waals surface area (Å²) >= 11 is 11.6. The molecule has 0 bridgehead atoms. The van der Waals surface area contributed by atoms with Crippen molar-refractivity contribution in [1.29, 1.82) is 0 Å². The third-order valence-electron chi connectivity index (χ3n) is 2.49. The Morgan fingerprint density at radius 1 is 1.05 bits per heavy atom. The molecule has 3 rings (SSSR count). The lowest BCUT2D eigenvalue weighted by Gasteiger charge is -2.07. The van der Waals surface area contributed by atoms with Crippen molar-refractivity contribution in [3.8, 4) is 0 Å². The predicted octanol–water partition coefficient (Wildman–Crippen LogP) is 3.47. The first-order chi connectivity index (χ1) is 9.22. The maximum Gasteiger partial charge on any atom is 0.245 e. The summed E-state index contributed by atoms with van der Waals surface area (Å²) in [5.41, 5.74) is 1.73. The lowest BCUT2D eigenvalue weighted by atomic mass is 10.2. The highest BCUT2D eigenvalue weighted by Crippen LogP contribution is 2.24. The molecule has 0 unspecified atom stereocenters. The van der Waals surface area contributed by atoms with Gasteiger partial charge in [0, 0.05) is 17.3 Å². The van der Waals surface area contributed by atoms with Gasteiger partial charge in [-0.3, -0.25) is 4.98 Å². The van der Waals surface area contributed by atoms with Gasteiger partial charge in [-0.15, -0.1) is 10.2 Å². The van der Waals surface area contributed by atoms with Gasteiger partial charge < -0.3 is 5.32 Å². The van der Waals surface area contributed by atoms with Gasteiger partial charge in [0.15, 0.2) is 11.0 Å². The molecule has 0 atom stereocenters. The third-order valence-corrected chi connectivity index (χ3v) is 2.90. The second kappa shape index (κ2) is 4.95. The van der Waals surface area contributed by atoms with E-state index in [0.717, 1.165) is 16.6 Å². The van der Waals surface area contributed by atoms with Crippen LogP contribution in [0.3, 0.4) is 0 Å². The summed E-state index contributed by atoms with van der Waals surface area (Å²) in [5, 5.41) is 11.5. The van der Waals surface area contributed by atoms with Crippen molar-refractivity contribution in [2.45, 2.75) is 0 Å². The Morgan fingerprint density at radius 3 is 2.84 bits per heavy atom. The van der Waals surface area contributed by atoms with Gasteiger partial charge in [0.05, 0.1) is 5.52 Å². The maximum absolute atomic E-state index is 5.89. The van der Waals surface area contributed by atoms with Crippen molar-refractivity contribution in [2.24, 2.45) is 0 Å². The minimum absolute atomic E-state index is 0.0364. The number of fused-ring (bicyclic) bond motifs is 1. The van der Waals surface area contributed by atoms with Gasteiger partial charge in [-0.2, -0.15) is 4.98 Å². The highest BCUT2D eigenvalue weighted by Gasteiger charge is 2.06. The van der Waals surface area contributed by atoms with Crippen LogP contribution in [0.5, 0.6) is 0 Å². The number of nitrogens with zero attached hydrogens (tertiary/aromatic N) is 4. The van der Waals surface area contributed by atoms with Crippen LogP contribution in [0.4, 0.5) is 11.5 Å². The number of benzene rings is 1. The smallest absolute Gasteiger partial charge is 0.245 e. The molecule has 19 heavy (non-hydrogen) atoms. The van der Waals surface area contributed by atoms with Gasteiger partial charge in [-0.05, 0) is 35.9 Å². The molecule has 0 radical (unpaired) electrons. The second-order valence-corrected chi connectivity index (χ2v) is 4.45. The number of nitrogens with one attached hydrogen (secondary N) is 1. The Labute approximate surface area is 118 Å². The van der Waals surface area contributed by atoms with Crippen molar-refractivity contribution < 1.29 is 0 Å². The zero-order chi connectivity index (χ0) is 13.2. The average Bonchev–Trinajstić information content (AvgIpc) is 2.43. The molecule has 94 valence electrons. The number of pyridine rings is 1. The van der Waals surface area contributed by atoms with Crippen LogP contribution in [0.1, 0.15) is 0 Å². The third kappa shape index (κ3) is 2.57. The van der Waals surface area contributed by atoms with Gasteiger partial charge in [-0.1, -0.05) is 17.7 Å². The molecule has 0 spiro atoms. The van der Waals surface area contributed by atoms with Gasteiger partial charge in [-0.25, -0.2) is 0 Å². The molecule has 5 nitrogen and oxygen atoms in total. The summed E-state index contributed by atoms with van der Waals surface area (Å²) in [5.74, 6) is 0.366. The van der Waals surface area contributed by atoms with E-state index in [-0.39, 0.29) is 10.4 Å². The number of hydrogen-bond donors (Lipinski definition) is 1. The van der Waals surface area contributed by atoms with Crippen molar-refractivity contribution in [3.05, 3.63) is 47.0 Å². The van der Waals surface area contributed by atoms with Gasteiger partial charge in [0.2, 0.25) is 5.28 Å². The van der Waals surface area contributed by atoms with Crippen LogP contribution >= 0.6 is 23.2 Å². The van der Waals surface area contributed by atoms with Crippen LogP contribution in [0.15, 0.2) is 36.5 Å². The topological polar surface area (TPSA) is 63.6 Å². The fourth-order valence-electron chi connectivity index (χ4n) is 1.66. The van der Waals surface area contributed by atoms with E-state index in [1.54, 1.807) is 6.20 Å². The minimum Gasteiger partial charge on any atom is -0.337 e. The summed E-state index contributed by atoms with van der Waals surface area (Å²) in [6.45, 7) is 0. The van der Waals surface area contributed by atoms with E-state index in [4.69, 9.17) is 23.2 Å². The first kappa shape index (κ1) is 12.1. The molecule has 0 aliphatic rings. The van der Waals surface area contributed by atoms with E-state index < -0.39 is 0 Å². The van der Waals surface area contributed by atoms with E-state index >= 15 is 0 Å². The van der Waals surface area contributed by atoms with Gasteiger partial charge >= 0.3 is 0 Å². The molecule has 0 fully saturated rings. The fraction of sp³-hybridized carbons (Fsp3) is 0. The monoisotopic (exact) mass is 291 g/mol. The minimum atomic E-state index is 0.0364. The summed E-state index contributed by atoms with van der Waals surface area (Å²) in [6.07, 6.45) is 1.75. The zero-order valence-corrected chi connectivity index (χ0v) is 11.0. The van der Waals surface area contributed by atoms with E-state index in [1.807, 2.05) is 30.3 Å². The normalized spacial score (nSPS) is 10.6. The Hall–Kier alpha value is -1.98. The van der Waals surface area contributed by atoms with Gasteiger partial charge in [0.25, 0.3) is 0 Å². The molecule has 1 N–H and O–H groups in total. The van der Waals surface area contributed by atoms with Crippen LogP contribution in [-0.4, -0.2) is 20.2 Å². The van der Waals surface area contributed by atoms with Crippen molar-refractivity contribution >= 4 is 45.6 Å². The summed E-state index contributed by atoms with van der Waals surface area (Å²) in [4.78, 5) is 8.23. The van der Waals surface area contributed by atoms with E-state index in [0.29, 0.717) is 5.82 Å². The Morgan fingerprint density at radius 2 is 1.95 bits per heavy atom. The highest BCUT2D eigenvalue weighted by atomic mass is 35.5. The summed E-state index contributed by atoms with van der Waals surface area (Å²) < 4.78 is 0. The molecule has 2 aromatic heterocycles. The van der Waals surface area contributed by atoms with Crippen molar-refractivity contribution in [3.63, 3.8) is 0 Å². The number of halogens is 2. The average molecular weight is 292 g/mol. The Bertz CT molecular complexity index is 747. The van der Waals surface area contributed by atoms with Crippen molar-refractivity contribution in [1.82, 2.24) is 20.2 Å². The molecule has 0 amide bonds. The molecule has 0 aliphatic heterocycles. The standard InChI is InChI=1S/C12H7Cl2N5/c13-10-11(17-12(14)19-18-10)16-8-3-4-9-7(6-8)2-1-5-15-9/h1-6H,(H,16,17,19). The lowest BCUT2D eigenvalue weighted by molar-refractivity contribution is 0.975. The highest BCUT2D eigenvalue weighted by molar-refractivity contribution is 6.32. The van der Waals surface area contributed by atoms with E-state index in [1.165, 1.54) is 0 Å². The van der Waals surface area contributed by atoms with Crippen LogP contribution in [0.25, 0.3) is 10.9 Å². The van der Waals surface area contributed by atoms with Crippen molar-refractivity contribution in [2.75, 3.05) is 5.32 Å². The zero-order valence-electron chi connectivity index (χ0n) is 9.51. The predicted molar refractivity (Wildman–Crippen MR) is 74.9 cm³/mol. The first-order valence-electron chi connectivity index (χ1n) is 5.40. The molecular formula is C12H7Cl2N5. The van der Waals surface area contributed by atoms with Crippen LogP contribution in [-0.2, 0) is 0 Å². The Kier molecular flexibility index (Phi) is 3.15. The van der Waals surface area contributed by atoms with Crippen LogP contribution in [0, 0.1) is 0 Å². The molecule has 0 saturated carbocycles. The molecule has 0 saturated heterocycles. The largest absolute Gasteiger partial charge is 0.337 e. The SMILES string of the molecule is Clc1nnc(Cl)c(Nc2ccc3ncccc3c2)n1. The number of aromatic nitrogens is 4. The quantitative estimate of drug-likeness (QED) is 0.783. The molecule has 2 heterocycles. The van der Waals surface area contributed by atoms with Crippen LogP contribution in [0.2, 0.25) is 10.4 Å². The van der Waals surface area contributed by atoms with Crippen LogP contribution < -0.4 is 5.32 Å². The molecule has 3 aromatic rings. The molecule has 7 heteroatoms. The fourth-order valence-corrected chi connectivity index (χ4v) is 1.91. The number of rotatable bonds is 2. The number of anilines is 2. The summed E-state index contributed by atoms with van der Waals surface area (Å²) in [6, 6.07) is 9.57. The van der Waals surface area contributed by atoms with E-state index in [9.17, 15) is 0 Å². The lowest BCUT2D eigenvalue weighted by Crippen LogP contribution is -1.98. The maximum atomic E-state index is 5.89. The molecular weight excluding hydrogens is 285 g/mol.